The van der Waals surface area contributed by atoms with Crippen molar-refractivity contribution >= 4 is 0 Å². The number of hydrogen-bond acceptors (Lipinski definition) is 1. The molecule has 0 bridgehead atoms. The van der Waals surface area contributed by atoms with Gasteiger partial charge in [0.2, 0.25) is 0 Å². The first-order valence-electron chi connectivity index (χ1n) is 5.21. The van der Waals surface area contributed by atoms with Crippen molar-refractivity contribution in [1.29, 1.82) is 0 Å². The van der Waals surface area contributed by atoms with Gasteiger partial charge >= 0.3 is 0 Å². The Kier molecular flexibility index (Phi) is 3.16. The average molecular weight is 171 g/mol. The Hall–Kier alpha value is -0.0400. The molecule has 1 saturated carbocycles. The van der Waals surface area contributed by atoms with Crippen molar-refractivity contribution in [3.05, 3.63) is 0 Å². The van der Waals surface area contributed by atoms with Gasteiger partial charge in [-0.1, -0.05) is 20.8 Å². The van der Waals surface area contributed by atoms with Crippen molar-refractivity contribution in [1.82, 2.24) is 5.32 Å². The summed E-state index contributed by atoms with van der Waals surface area (Å²) in [5.74, 6) is 0.946. The van der Waals surface area contributed by atoms with Crippen molar-refractivity contribution in [3.8, 4) is 0 Å². The molecule has 1 N–H and O–H groups in total. The van der Waals surface area contributed by atoms with Crippen LogP contribution in [0.3, 0.4) is 0 Å². The molecular weight excluding hydrogens is 146 g/mol. The van der Waals surface area contributed by atoms with Gasteiger partial charge in [0.1, 0.15) is 0 Å². The summed E-state index contributed by atoms with van der Waals surface area (Å²) in [5, 5.41) is 3.38. The summed E-state index contributed by atoms with van der Waals surface area (Å²) in [6, 6.07) is 0.795. The van der Waals surface area contributed by atoms with E-state index in [0.717, 1.165) is 12.0 Å². The summed E-state index contributed by atoms with van der Waals surface area (Å²) in [6.07, 6.45) is 5.57. The van der Waals surface area contributed by atoms with E-state index in [1.54, 1.807) is 0 Å². The highest BCUT2D eigenvalue weighted by Crippen LogP contribution is 2.37. The molecule has 0 atom stereocenters. The molecule has 0 aromatic carbocycles. The first kappa shape index (κ1) is 10.0. The molecular formula is C11H25N. The fourth-order valence-corrected chi connectivity index (χ4v) is 2.25. The maximum Gasteiger partial charge on any atom is 0.00642 e. The van der Waals surface area contributed by atoms with Crippen LogP contribution < -0.4 is 5.32 Å². The van der Waals surface area contributed by atoms with Crippen molar-refractivity contribution < 1.29 is 1.43 Å². The lowest BCUT2D eigenvalue weighted by Gasteiger charge is -2.36. The monoisotopic (exact) mass is 171 g/mol. The number of nitrogens with one attached hydrogen (secondary N) is 1. The van der Waals surface area contributed by atoms with Crippen LogP contribution in [0.15, 0.2) is 0 Å². The minimum absolute atomic E-state index is 0. The summed E-state index contributed by atoms with van der Waals surface area (Å²) >= 11 is 0. The Morgan fingerprint density at radius 2 is 1.58 bits per heavy atom. The predicted molar refractivity (Wildman–Crippen MR) is 56.4 cm³/mol. The van der Waals surface area contributed by atoms with Crippen molar-refractivity contribution in [2.75, 3.05) is 7.05 Å². The van der Waals surface area contributed by atoms with Gasteiger partial charge in [-0.05, 0) is 44.1 Å². The summed E-state index contributed by atoms with van der Waals surface area (Å²) in [6.45, 7) is 7.12. The maximum absolute atomic E-state index is 3.38. The first-order valence-corrected chi connectivity index (χ1v) is 5.21. The summed E-state index contributed by atoms with van der Waals surface area (Å²) in [5.41, 5.74) is 0.526. The Labute approximate surface area is 78.4 Å². The van der Waals surface area contributed by atoms with Crippen molar-refractivity contribution in [2.24, 2.45) is 11.3 Å². The number of hydrogen-bond donors (Lipinski definition) is 1. The van der Waals surface area contributed by atoms with Gasteiger partial charge in [-0.25, -0.2) is 0 Å². The smallest absolute Gasteiger partial charge is 0.00642 e. The molecule has 0 amide bonds. The molecule has 1 heteroatoms. The maximum atomic E-state index is 3.38. The molecule has 1 aliphatic rings. The zero-order valence-corrected chi connectivity index (χ0v) is 8.98. The zero-order chi connectivity index (χ0) is 9.19. The summed E-state index contributed by atoms with van der Waals surface area (Å²) in [4.78, 5) is 0. The van der Waals surface area contributed by atoms with E-state index in [0.29, 0.717) is 5.41 Å². The molecule has 0 saturated heterocycles. The molecule has 1 aliphatic carbocycles. The molecule has 0 heterocycles. The third-order valence-electron chi connectivity index (χ3n) is 3.36. The largest absolute Gasteiger partial charge is 0.317 e. The molecule has 0 radical (unpaired) electrons. The quantitative estimate of drug-likeness (QED) is 0.639. The van der Waals surface area contributed by atoms with Crippen LogP contribution in [-0.4, -0.2) is 13.1 Å². The van der Waals surface area contributed by atoms with Crippen LogP contribution in [0.1, 0.15) is 47.9 Å². The SMILES string of the molecule is CNC1CCC(C(C)(C)C)CC1.[HH]. The Balaban J connectivity index is 0.00000144. The Morgan fingerprint density at radius 1 is 1.08 bits per heavy atom. The van der Waals surface area contributed by atoms with Crippen LogP contribution >= 0.6 is 0 Å². The van der Waals surface area contributed by atoms with Gasteiger partial charge in [-0.15, -0.1) is 0 Å². The normalized spacial score (nSPS) is 32.0. The second-order valence-corrected chi connectivity index (χ2v) is 5.20. The third kappa shape index (κ3) is 2.48. The predicted octanol–water partition coefficient (Wildman–Crippen LogP) is 3.06. The van der Waals surface area contributed by atoms with E-state index < -0.39 is 0 Å². The van der Waals surface area contributed by atoms with Gasteiger partial charge in [-0.3, -0.25) is 0 Å². The van der Waals surface area contributed by atoms with Crippen LogP contribution in [0.4, 0.5) is 0 Å². The summed E-state index contributed by atoms with van der Waals surface area (Å²) < 4.78 is 0. The highest BCUT2D eigenvalue weighted by atomic mass is 14.9. The van der Waals surface area contributed by atoms with E-state index in [-0.39, 0.29) is 1.43 Å². The standard InChI is InChI=1S/C11H23N.H2/c1-11(2,3)9-5-7-10(12-4)8-6-9;/h9-10,12H,5-8H2,1-4H3;1H. The van der Waals surface area contributed by atoms with Gasteiger partial charge in [0, 0.05) is 7.47 Å². The fraction of sp³-hybridized carbons (Fsp3) is 1.00. The van der Waals surface area contributed by atoms with E-state index >= 15 is 0 Å². The zero-order valence-electron chi connectivity index (χ0n) is 8.98. The molecule has 1 rings (SSSR count). The van der Waals surface area contributed by atoms with E-state index in [4.69, 9.17) is 0 Å². The lowest BCUT2D eigenvalue weighted by atomic mass is 9.71. The molecule has 0 spiro atoms. The average Bonchev–Trinajstić information content (AvgIpc) is 2.03. The number of rotatable bonds is 1. The molecule has 0 aliphatic heterocycles. The molecule has 0 aromatic heterocycles. The lowest BCUT2D eigenvalue weighted by molar-refractivity contribution is 0.162. The highest BCUT2D eigenvalue weighted by molar-refractivity contribution is 4.82. The van der Waals surface area contributed by atoms with Crippen LogP contribution in [0.2, 0.25) is 0 Å². The second kappa shape index (κ2) is 3.78. The fourth-order valence-electron chi connectivity index (χ4n) is 2.25. The Bertz CT molecular complexity index is 132. The Morgan fingerprint density at radius 3 is 1.92 bits per heavy atom. The molecule has 1 fully saturated rings. The minimum Gasteiger partial charge on any atom is -0.317 e. The molecule has 1 nitrogen and oxygen atoms in total. The van der Waals surface area contributed by atoms with Crippen LogP contribution in [-0.2, 0) is 0 Å². The van der Waals surface area contributed by atoms with Gasteiger partial charge in [0.15, 0.2) is 0 Å². The van der Waals surface area contributed by atoms with E-state index in [1.807, 2.05) is 0 Å². The first-order chi connectivity index (χ1) is 5.54. The van der Waals surface area contributed by atoms with Gasteiger partial charge < -0.3 is 5.32 Å². The van der Waals surface area contributed by atoms with E-state index in [1.165, 1.54) is 25.7 Å². The van der Waals surface area contributed by atoms with Gasteiger partial charge in [-0.2, -0.15) is 0 Å². The van der Waals surface area contributed by atoms with Crippen molar-refractivity contribution in [3.63, 3.8) is 0 Å². The minimum atomic E-state index is 0. The topological polar surface area (TPSA) is 12.0 Å². The summed E-state index contributed by atoms with van der Waals surface area (Å²) in [7, 11) is 2.09. The molecule has 0 unspecified atom stereocenters. The van der Waals surface area contributed by atoms with Gasteiger partial charge in [0.25, 0.3) is 0 Å². The highest BCUT2D eigenvalue weighted by Gasteiger charge is 2.28. The third-order valence-corrected chi connectivity index (χ3v) is 3.36. The van der Waals surface area contributed by atoms with Crippen LogP contribution in [0.5, 0.6) is 0 Å². The molecule has 74 valence electrons. The second-order valence-electron chi connectivity index (χ2n) is 5.20. The van der Waals surface area contributed by atoms with Crippen LogP contribution in [0, 0.1) is 11.3 Å². The van der Waals surface area contributed by atoms with Crippen LogP contribution in [0.25, 0.3) is 0 Å². The van der Waals surface area contributed by atoms with E-state index in [2.05, 4.69) is 33.1 Å². The van der Waals surface area contributed by atoms with Gasteiger partial charge in [0.05, 0.1) is 0 Å². The molecule has 0 aromatic rings. The van der Waals surface area contributed by atoms with Crippen molar-refractivity contribution in [2.45, 2.75) is 52.5 Å². The van der Waals surface area contributed by atoms with E-state index in [9.17, 15) is 0 Å². The molecule has 12 heavy (non-hydrogen) atoms. The lowest BCUT2D eigenvalue weighted by Crippen LogP contribution is -2.34.